The number of hydrogen-bond acceptors (Lipinski definition) is 4. The first-order valence-electron chi connectivity index (χ1n) is 6.33. The van der Waals surface area contributed by atoms with Gasteiger partial charge in [0.1, 0.15) is 5.75 Å². The highest BCUT2D eigenvalue weighted by Crippen LogP contribution is 2.25. The molecule has 0 fully saturated rings. The van der Waals surface area contributed by atoms with E-state index < -0.39 is 10.0 Å². The number of hydrogen-bond donors (Lipinski definition) is 1. The van der Waals surface area contributed by atoms with Crippen LogP contribution in [-0.2, 0) is 20.6 Å². The van der Waals surface area contributed by atoms with Crippen molar-refractivity contribution in [2.24, 2.45) is 0 Å². The molecule has 7 heteroatoms. The van der Waals surface area contributed by atoms with E-state index in [1.807, 2.05) is 6.92 Å². The van der Waals surface area contributed by atoms with E-state index in [2.05, 4.69) is 4.72 Å². The van der Waals surface area contributed by atoms with Crippen molar-refractivity contribution in [3.63, 3.8) is 0 Å². The summed E-state index contributed by atoms with van der Waals surface area (Å²) < 4.78 is 36.5. The molecule has 0 amide bonds. The Morgan fingerprint density at radius 1 is 1.35 bits per heavy atom. The van der Waals surface area contributed by atoms with Crippen molar-refractivity contribution in [3.8, 4) is 5.75 Å². The largest absolute Gasteiger partial charge is 0.494 e. The van der Waals surface area contributed by atoms with Gasteiger partial charge in [-0.3, -0.25) is 4.72 Å². The maximum atomic E-state index is 11.9. The van der Waals surface area contributed by atoms with E-state index in [1.165, 1.54) is 0 Å². The second kappa shape index (κ2) is 8.34. The molecule has 0 spiro atoms. The number of nitrogens with one attached hydrogen (secondary N) is 1. The van der Waals surface area contributed by atoms with E-state index in [0.717, 1.165) is 5.56 Å². The predicted molar refractivity (Wildman–Crippen MR) is 81.1 cm³/mol. The predicted octanol–water partition coefficient (Wildman–Crippen LogP) is 2.60. The monoisotopic (exact) mass is 321 g/mol. The molecule has 0 saturated carbocycles. The van der Waals surface area contributed by atoms with Crippen LogP contribution in [0.25, 0.3) is 0 Å². The molecule has 20 heavy (non-hydrogen) atoms. The van der Waals surface area contributed by atoms with Crippen molar-refractivity contribution in [2.45, 2.75) is 19.2 Å². The molecule has 0 aliphatic rings. The zero-order valence-corrected chi connectivity index (χ0v) is 13.3. The molecule has 0 aliphatic heterocycles. The van der Waals surface area contributed by atoms with E-state index in [1.54, 1.807) is 25.3 Å². The molecule has 5 nitrogen and oxygen atoms in total. The molecule has 0 aromatic heterocycles. The summed E-state index contributed by atoms with van der Waals surface area (Å²) in [6, 6.07) is 5.06. The SMILES string of the molecule is CCOc1ccc(NS(=O)(=O)CCCOC)cc1CCl. The highest BCUT2D eigenvalue weighted by Gasteiger charge is 2.12. The lowest BCUT2D eigenvalue weighted by atomic mass is 10.2. The maximum Gasteiger partial charge on any atom is 0.232 e. The first-order chi connectivity index (χ1) is 9.52. The van der Waals surface area contributed by atoms with Gasteiger partial charge < -0.3 is 9.47 Å². The molecule has 0 unspecified atom stereocenters. The van der Waals surface area contributed by atoms with Crippen molar-refractivity contribution in [1.29, 1.82) is 0 Å². The fourth-order valence-corrected chi connectivity index (χ4v) is 2.96. The molecule has 114 valence electrons. The number of methoxy groups -OCH3 is 1. The molecule has 1 aromatic rings. The number of ether oxygens (including phenoxy) is 2. The number of sulfonamides is 1. The van der Waals surface area contributed by atoms with Crippen LogP contribution in [0.5, 0.6) is 5.75 Å². The molecule has 0 heterocycles. The second-order valence-electron chi connectivity index (χ2n) is 4.16. The Kier molecular flexibility index (Phi) is 7.12. The molecule has 0 aliphatic carbocycles. The highest BCUT2D eigenvalue weighted by atomic mass is 35.5. The van der Waals surface area contributed by atoms with Crippen LogP contribution >= 0.6 is 11.6 Å². The zero-order chi connectivity index (χ0) is 15.0. The summed E-state index contributed by atoms with van der Waals surface area (Å²) in [6.45, 7) is 2.83. The first kappa shape index (κ1) is 17.1. The number of benzene rings is 1. The summed E-state index contributed by atoms with van der Waals surface area (Å²) >= 11 is 5.84. The first-order valence-corrected chi connectivity index (χ1v) is 8.52. The van der Waals surface area contributed by atoms with Crippen molar-refractivity contribution in [3.05, 3.63) is 23.8 Å². The number of halogens is 1. The van der Waals surface area contributed by atoms with Gasteiger partial charge in [-0.15, -0.1) is 11.6 Å². The molecular formula is C13H20ClNO4S. The van der Waals surface area contributed by atoms with Crippen LogP contribution < -0.4 is 9.46 Å². The smallest absolute Gasteiger partial charge is 0.232 e. The molecular weight excluding hydrogens is 302 g/mol. The lowest BCUT2D eigenvalue weighted by Gasteiger charge is -2.12. The Morgan fingerprint density at radius 2 is 2.10 bits per heavy atom. The van der Waals surface area contributed by atoms with Gasteiger partial charge in [-0.1, -0.05) is 0 Å². The van der Waals surface area contributed by atoms with E-state index in [9.17, 15) is 8.42 Å². The van der Waals surface area contributed by atoms with Gasteiger partial charge in [-0.25, -0.2) is 8.42 Å². The van der Waals surface area contributed by atoms with Crippen LogP contribution in [0.1, 0.15) is 18.9 Å². The van der Waals surface area contributed by atoms with E-state index in [-0.39, 0.29) is 11.6 Å². The molecule has 1 aromatic carbocycles. The van der Waals surface area contributed by atoms with E-state index in [0.29, 0.717) is 31.1 Å². The minimum atomic E-state index is -3.37. The summed E-state index contributed by atoms with van der Waals surface area (Å²) in [6.07, 6.45) is 0.450. The van der Waals surface area contributed by atoms with Crippen molar-refractivity contribution < 1.29 is 17.9 Å². The van der Waals surface area contributed by atoms with Gasteiger partial charge in [0.2, 0.25) is 10.0 Å². The summed E-state index contributed by atoms with van der Waals surface area (Å²) in [5, 5.41) is 0. The van der Waals surface area contributed by atoms with Crippen molar-refractivity contribution in [2.75, 3.05) is 30.8 Å². The van der Waals surface area contributed by atoms with Crippen LogP contribution in [0.4, 0.5) is 5.69 Å². The van der Waals surface area contributed by atoms with Gasteiger partial charge in [0.05, 0.1) is 18.2 Å². The molecule has 1 rings (SSSR count). The maximum absolute atomic E-state index is 11.9. The topological polar surface area (TPSA) is 64.6 Å². The third kappa shape index (κ3) is 5.56. The van der Waals surface area contributed by atoms with Crippen LogP contribution in [0.2, 0.25) is 0 Å². The Labute approximate surface area is 125 Å². The number of rotatable bonds is 9. The lowest BCUT2D eigenvalue weighted by molar-refractivity contribution is 0.199. The fourth-order valence-electron chi connectivity index (χ4n) is 1.67. The van der Waals surface area contributed by atoms with Crippen molar-refractivity contribution >= 4 is 27.3 Å². The highest BCUT2D eigenvalue weighted by molar-refractivity contribution is 7.92. The van der Waals surface area contributed by atoms with Crippen molar-refractivity contribution in [1.82, 2.24) is 0 Å². The third-order valence-corrected chi connectivity index (χ3v) is 4.20. The van der Waals surface area contributed by atoms with Crippen LogP contribution in [0.3, 0.4) is 0 Å². The normalized spacial score (nSPS) is 11.3. The Hall–Kier alpha value is -0.980. The quantitative estimate of drug-likeness (QED) is 0.561. The summed E-state index contributed by atoms with van der Waals surface area (Å²) in [7, 11) is -1.83. The molecule has 0 radical (unpaired) electrons. The minimum Gasteiger partial charge on any atom is -0.494 e. The molecule has 1 N–H and O–H groups in total. The Bertz CT molecular complexity index is 519. The number of anilines is 1. The molecule has 0 saturated heterocycles. The average molecular weight is 322 g/mol. The average Bonchev–Trinajstić information content (AvgIpc) is 2.40. The van der Waals surface area contributed by atoms with Gasteiger partial charge in [0.15, 0.2) is 0 Å². The minimum absolute atomic E-state index is 0.0181. The Balaban J connectivity index is 2.77. The fraction of sp³-hybridized carbons (Fsp3) is 0.538. The van der Waals surface area contributed by atoms with Crippen LogP contribution in [0.15, 0.2) is 18.2 Å². The molecule has 0 atom stereocenters. The third-order valence-electron chi connectivity index (χ3n) is 2.54. The van der Waals surface area contributed by atoms with Crippen LogP contribution in [0, 0.1) is 0 Å². The zero-order valence-electron chi connectivity index (χ0n) is 11.7. The standard InChI is InChI=1S/C13H20ClNO4S/c1-3-19-13-6-5-12(9-11(13)10-14)15-20(16,17)8-4-7-18-2/h5-6,9,15H,3-4,7-8,10H2,1-2H3. The summed E-state index contributed by atoms with van der Waals surface area (Å²) in [4.78, 5) is 0. The van der Waals surface area contributed by atoms with E-state index >= 15 is 0 Å². The lowest BCUT2D eigenvalue weighted by Crippen LogP contribution is -2.17. The Morgan fingerprint density at radius 3 is 2.70 bits per heavy atom. The summed E-state index contributed by atoms with van der Waals surface area (Å²) in [5.41, 5.74) is 1.24. The second-order valence-corrected chi connectivity index (χ2v) is 6.27. The molecule has 0 bridgehead atoms. The van der Waals surface area contributed by atoms with Gasteiger partial charge in [0.25, 0.3) is 0 Å². The number of alkyl halides is 1. The van der Waals surface area contributed by atoms with Gasteiger partial charge in [-0.2, -0.15) is 0 Å². The van der Waals surface area contributed by atoms with Crippen LogP contribution in [-0.4, -0.2) is 34.5 Å². The van der Waals surface area contributed by atoms with Gasteiger partial charge >= 0.3 is 0 Å². The van der Waals surface area contributed by atoms with Gasteiger partial charge in [-0.05, 0) is 31.5 Å². The van der Waals surface area contributed by atoms with Gasteiger partial charge in [0, 0.05) is 25.0 Å². The van der Waals surface area contributed by atoms with E-state index in [4.69, 9.17) is 21.1 Å². The summed E-state index contributed by atoms with van der Waals surface area (Å²) in [5.74, 6) is 0.948.